The number of unbranched alkanes of at least 4 members (excludes halogenated alkanes) is 2. The highest BCUT2D eigenvalue weighted by atomic mass is 16.5. The molecule has 0 radical (unpaired) electrons. The normalized spacial score (nSPS) is 13.8. The molecule has 2 aromatic rings. The summed E-state index contributed by atoms with van der Waals surface area (Å²) in [6, 6.07) is 11.0. The molecule has 0 aliphatic heterocycles. The summed E-state index contributed by atoms with van der Waals surface area (Å²) in [6.45, 7) is 2.86. The average molecular weight is 515 g/mol. The molecule has 0 saturated carbocycles. The number of anilines is 2. The minimum atomic E-state index is -0.878. The SMILES string of the molecule is [2H]NC(=O)OCC1c2cc(NC(=O)COCCCC)ccc2-c2ccc(NC(=O)COCCCCO)cc21. The molecule has 0 fully saturated rings. The zero-order valence-corrected chi connectivity index (χ0v) is 21.0. The Hall–Kier alpha value is -3.47. The van der Waals surface area contributed by atoms with Crippen LogP contribution in [-0.4, -0.2) is 62.7 Å². The summed E-state index contributed by atoms with van der Waals surface area (Å²) >= 11 is 0. The molecule has 3 amide bonds. The van der Waals surface area contributed by atoms with Crippen LogP contribution in [0, 0.1) is 0 Å². The van der Waals surface area contributed by atoms with Gasteiger partial charge in [-0.05, 0) is 65.8 Å². The molecule has 1 atom stereocenters. The van der Waals surface area contributed by atoms with Gasteiger partial charge in [-0.3, -0.25) is 9.59 Å². The van der Waals surface area contributed by atoms with E-state index in [0.717, 1.165) is 35.1 Å². The van der Waals surface area contributed by atoms with Gasteiger partial charge in [0, 0.05) is 37.1 Å². The highest BCUT2D eigenvalue weighted by molar-refractivity contribution is 5.94. The van der Waals surface area contributed by atoms with Gasteiger partial charge in [0.1, 0.15) is 19.8 Å². The molecule has 1 aliphatic carbocycles. The van der Waals surface area contributed by atoms with Gasteiger partial charge in [-0.15, -0.1) is 0 Å². The van der Waals surface area contributed by atoms with Crippen LogP contribution in [0.2, 0.25) is 1.41 Å². The van der Waals surface area contributed by atoms with Gasteiger partial charge in [-0.25, -0.2) is 4.79 Å². The predicted octanol–water partition coefficient (Wildman–Crippen LogP) is 3.38. The van der Waals surface area contributed by atoms with Gasteiger partial charge in [0.2, 0.25) is 11.8 Å². The fourth-order valence-electron chi connectivity index (χ4n) is 4.14. The van der Waals surface area contributed by atoms with Crippen LogP contribution >= 0.6 is 0 Å². The van der Waals surface area contributed by atoms with E-state index in [2.05, 4.69) is 10.6 Å². The van der Waals surface area contributed by atoms with Crippen LogP contribution in [0.15, 0.2) is 36.4 Å². The standard InChI is InChI=1S/C27H35N3O7/c1-2-3-11-35-16-25(32)29-18-6-8-20-21-9-7-19(30-26(33)17-36-12-5-4-10-31)14-23(21)24(22(20)13-18)15-37-27(28)34/h6-9,13-14,24,31H,2-5,10-12,15-17H2,1H3,(H2,28,34)(H,29,32)(H,30,33)/i/hD. The van der Waals surface area contributed by atoms with Crippen LogP contribution in [-0.2, 0) is 23.8 Å². The molecule has 37 heavy (non-hydrogen) atoms. The molecule has 10 heteroatoms. The fourth-order valence-corrected chi connectivity index (χ4v) is 4.14. The first-order valence-electron chi connectivity index (χ1n) is 13.0. The fraction of sp³-hybridized carbons (Fsp3) is 0.444. The lowest BCUT2D eigenvalue weighted by Gasteiger charge is -2.15. The number of carbonyl (C=O) groups excluding carboxylic acids is 3. The Labute approximate surface area is 217 Å². The van der Waals surface area contributed by atoms with Crippen LogP contribution in [0.25, 0.3) is 11.1 Å². The van der Waals surface area contributed by atoms with Crippen molar-refractivity contribution in [2.24, 2.45) is 5.73 Å². The Kier molecular flexibility index (Phi) is 10.3. The number of nitrogens with two attached hydrogens (primary N) is 1. The third kappa shape index (κ3) is 8.28. The van der Waals surface area contributed by atoms with E-state index in [1.807, 2.05) is 31.2 Å². The van der Waals surface area contributed by atoms with Crippen molar-refractivity contribution >= 4 is 29.3 Å². The van der Waals surface area contributed by atoms with Crippen LogP contribution in [0.5, 0.6) is 0 Å². The molecule has 1 unspecified atom stereocenters. The zero-order valence-electron chi connectivity index (χ0n) is 22.0. The summed E-state index contributed by atoms with van der Waals surface area (Å²) in [4.78, 5) is 36.3. The van der Waals surface area contributed by atoms with Crippen molar-refractivity contribution in [3.8, 4) is 11.1 Å². The van der Waals surface area contributed by atoms with Gasteiger partial charge >= 0.3 is 6.09 Å². The molecular weight excluding hydrogens is 478 g/mol. The first kappa shape index (κ1) is 26.6. The smallest absolute Gasteiger partial charge is 0.404 e. The Balaban J connectivity index is 1.74. The van der Waals surface area contributed by atoms with Crippen molar-refractivity contribution in [1.29, 1.82) is 0 Å². The number of rotatable bonds is 15. The van der Waals surface area contributed by atoms with E-state index in [-0.39, 0.29) is 44.2 Å². The molecule has 0 bridgehead atoms. The van der Waals surface area contributed by atoms with E-state index < -0.39 is 6.09 Å². The van der Waals surface area contributed by atoms with Crippen molar-refractivity contribution in [3.63, 3.8) is 0 Å². The Morgan fingerprint density at radius 2 is 1.49 bits per heavy atom. The van der Waals surface area contributed by atoms with Gasteiger partial charge < -0.3 is 35.7 Å². The van der Waals surface area contributed by atoms with Gasteiger partial charge in [0.15, 0.2) is 1.41 Å². The second-order valence-electron chi connectivity index (χ2n) is 8.74. The van der Waals surface area contributed by atoms with Crippen molar-refractivity contribution in [2.75, 3.05) is 50.3 Å². The maximum atomic E-state index is 12.3. The van der Waals surface area contributed by atoms with Crippen LogP contribution < -0.4 is 16.4 Å². The van der Waals surface area contributed by atoms with Gasteiger partial charge in [0.05, 0.1) is 0 Å². The molecule has 0 heterocycles. The summed E-state index contributed by atoms with van der Waals surface area (Å²) in [5.74, 6) is -0.944. The molecule has 5 N–H and O–H groups in total. The number of hydrogen-bond donors (Lipinski definition) is 4. The maximum absolute atomic E-state index is 12.3. The number of aliphatic hydroxyl groups excluding tert-OH is 1. The second kappa shape index (κ2) is 14.3. The highest BCUT2D eigenvalue weighted by Gasteiger charge is 2.30. The number of hydrogen-bond acceptors (Lipinski definition) is 7. The van der Waals surface area contributed by atoms with Crippen LogP contribution in [0.4, 0.5) is 16.2 Å². The number of primary amides is 1. The van der Waals surface area contributed by atoms with E-state index >= 15 is 0 Å². The minimum Gasteiger partial charge on any atom is -0.449 e. The van der Waals surface area contributed by atoms with Crippen molar-refractivity contribution < 1.29 is 35.1 Å². The van der Waals surface area contributed by atoms with Crippen molar-refractivity contribution in [1.82, 2.24) is 0 Å². The van der Waals surface area contributed by atoms with E-state index in [1.54, 1.807) is 17.9 Å². The molecule has 3 rings (SSSR count). The van der Waals surface area contributed by atoms with E-state index in [9.17, 15) is 14.4 Å². The second-order valence-corrected chi connectivity index (χ2v) is 8.74. The Morgan fingerprint density at radius 3 is 2.00 bits per heavy atom. The first-order chi connectivity index (χ1) is 18.5. The lowest BCUT2D eigenvalue weighted by atomic mass is 9.97. The zero-order chi connectivity index (χ0) is 27.3. The maximum Gasteiger partial charge on any atom is 0.404 e. The third-order valence-electron chi connectivity index (χ3n) is 5.90. The predicted molar refractivity (Wildman–Crippen MR) is 139 cm³/mol. The van der Waals surface area contributed by atoms with Crippen molar-refractivity contribution in [3.05, 3.63) is 47.5 Å². The minimum absolute atomic E-state index is 0.0341. The third-order valence-corrected chi connectivity index (χ3v) is 5.90. The number of benzene rings is 2. The van der Waals surface area contributed by atoms with Gasteiger partial charge in [0.25, 0.3) is 0 Å². The molecule has 2 aromatic carbocycles. The molecule has 200 valence electrons. The number of fused-ring (bicyclic) bond motifs is 3. The Morgan fingerprint density at radius 1 is 0.919 bits per heavy atom. The van der Waals surface area contributed by atoms with E-state index in [0.29, 0.717) is 37.4 Å². The van der Waals surface area contributed by atoms with Crippen LogP contribution in [0.1, 0.15) is 49.7 Å². The molecule has 10 nitrogen and oxygen atoms in total. The molecule has 0 saturated heterocycles. The summed E-state index contributed by atoms with van der Waals surface area (Å²) in [7, 11) is 0. The molecule has 0 spiro atoms. The van der Waals surface area contributed by atoms with Gasteiger partial charge in [-0.1, -0.05) is 25.5 Å². The molecular formula is C27H35N3O7. The lowest BCUT2D eigenvalue weighted by Crippen LogP contribution is -2.20. The van der Waals surface area contributed by atoms with E-state index in [1.165, 1.54) is 0 Å². The van der Waals surface area contributed by atoms with Crippen molar-refractivity contribution in [2.45, 2.75) is 38.5 Å². The molecule has 0 aromatic heterocycles. The summed E-state index contributed by atoms with van der Waals surface area (Å²) in [5, 5.41) is 14.5. The Bertz CT molecular complexity index is 1110. The quantitative estimate of drug-likeness (QED) is 0.266. The molecule has 1 aliphatic rings. The van der Waals surface area contributed by atoms with Crippen LogP contribution in [0.3, 0.4) is 0 Å². The lowest BCUT2D eigenvalue weighted by molar-refractivity contribution is -0.121. The number of amides is 3. The van der Waals surface area contributed by atoms with Gasteiger partial charge in [-0.2, -0.15) is 0 Å². The van der Waals surface area contributed by atoms with E-state index in [4.69, 9.17) is 20.7 Å². The highest BCUT2D eigenvalue weighted by Crippen LogP contribution is 2.46. The largest absolute Gasteiger partial charge is 0.449 e. The summed E-state index contributed by atoms with van der Waals surface area (Å²) in [6.07, 6.45) is 2.28. The number of carbonyl (C=O) groups is 3. The topological polar surface area (TPSA) is 149 Å². The summed E-state index contributed by atoms with van der Waals surface area (Å²) < 4.78 is 23.0. The monoisotopic (exact) mass is 514 g/mol. The number of nitrogens with one attached hydrogen (secondary N) is 2. The number of aliphatic hydroxyl groups is 1. The summed E-state index contributed by atoms with van der Waals surface area (Å²) in [5.41, 5.74) is 6.37. The number of ether oxygens (including phenoxy) is 3. The first-order valence-corrected chi connectivity index (χ1v) is 12.5. The average Bonchev–Trinajstić information content (AvgIpc) is 3.21.